The minimum Gasteiger partial charge on any atom is -0.390 e. The largest absolute Gasteiger partial charge is 0.390 e. The van der Waals surface area contributed by atoms with Gasteiger partial charge in [0.05, 0.1) is 25.5 Å². The Balaban J connectivity index is 2.43. The predicted molar refractivity (Wildman–Crippen MR) is 68.0 cm³/mol. The zero-order valence-electron chi connectivity index (χ0n) is 11.1. The maximum absolute atomic E-state index is 12.7. The molecule has 108 valence electrons. The van der Waals surface area contributed by atoms with E-state index in [1.807, 2.05) is 6.92 Å². The molecule has 0 radical (unpaired) electrons. The van der Waals surface area contributed by atoms with Crippen molar-refractivity contribution in [3.63, 3.8) is 0 Å². The number of sulfonamides is 1. The summed E-state index contributed by atoms with van der Waals surface area (Å²) in [6, 6.07) is -0.167. The average Bonchev–Trinajstić information content (AvgIpc) is 2.80. The molecular weight excluding hydrogens is 270 g/mol. The Morgan fingerprint density at radius 1 is 1.58 bits per heavy atom. The number of aryl methyl sites for hydroxylation is 1. The number of aliphatic hydroxyl groups is 1. The van der Waals surface area contributed by atoms with Gasteiger partial charge in [0.15, 0.2) is 0 Å². The molecule has 0 aromatic carbocycles. The summed E-state index contributed by atoms with van der Waals surface area (Å²) in [5.74, 6) is 0. The second kappa shape index (κ2) is 5.58. The second-order valence-electron chi connectivity index (χ2n) is 4.54. The number of nitrogens with zero attached hydrogens (tertiary/aromatic N) is 2. The van der Waals surface area contributed by atoms with Crippen molar-refractivity contribution in [1.29, 1.82) is 0 Å². The van der Waals surface area contributed by atoms with Crippen LogP contribution in [-0.4, -0.2) is 53.8 Å². The van der Waals surface area contributed by atoms with Gasteiger partial charge in [0.2, 0.25) is 10.0 Å². The molecule has 0 saturated carbocycles. The number of hydrogen-bond acceptors (Lipinski definition) is 5. The van der Waals surface area contributed by atoms with E-state index in [0.29, 0.717) is 31.9 Å². The lowest BCUT2D eigenvalue weighted by atomic mass is 10.2. The van der Waals surface area contributed by atoms with Crippen molar-refractivity contribution in [2.75, 3.05) is 19.8 Å². The molecule has 0 amide bonds. The Morgan fingerprint density at radius 2 is 2.32 bits per heavy atom. The summed E-state index contributed by atoms with van der Waals surface area (Å²) < 4.78 is 32.2. The number of ether oxygens (including phenoxy) is 1. The molecule has 2 heterocycles. The molecule has 2 N–H and O–H groups in total. The van der Waals surface area contributed by atoms with Crippen LogP contribution in [0.5, 0.6) is 0 Å². The molecule has 2 rings (SSSR count). The molecule has 1 atom stereocenters. The molecule has 1 saturated heterocycles. The molecule has 1 aromatic rings. The summed E-state index contributed by atoms with van der Waals surface area (Å²) in [6.07, 6.45) is 0.685. The summed E-state index contributed by atoms with van der Waals surface area (Å²) in [5.41, 5.74) is 0.615. The summed E-state index contributed by atoms with van der Waals surface area (Å²) >= 11 is 0. The van der Waals surface area contributed by atoms with Crippen molar-refractivity contribution in [3.8, 4) is 0 Å². The van der Waals surface area contributed by atoms with Crippen LogP contribution in [-0.2, 0) is 21.4 Å². The lowest BCUT2D eigenvalue weighted by Crippen LogP contribution is -2.48. The Hall–Kier alpha value is -0.960. The van der Waals surface area contributed by atoms with Gasteiger partial charge in [-0.2, -0.15) is 9.40 Å². The standard InChI is InChI=1S/C11H19N3O4S/c1-3-9-7-18-5-4-14(9)19(16,17)11-8(2)12-13-10(11)6-15/h9,15H,3-7H2,1-2H3,(H,12,13). The van der Waals surface area contributed by atoms with Crippen LogP contribution in [0.15, 0.2) is 4.90 Å². The fraction of sp³-hybridized carbons (Fsp3) is 0.727. The summed E-state index contributed by atoms with van der Waals surface area (Å²) in [6.45, 7) is 4.29. The molecule has 7 nitrogen and oxygen atoms in total. The van der Waals surface area contributed by atoms with E-state index in [-0.39, 0.29) is 16.6 Å². The first-order chi connectivity index (χ1) is 9.02. The second-order valence-corrected chi connectivity index (χ2v) is 6.36. The summed E-state index contributed by atoms with van der Waals surface area (Å²) in [7, 11) is -3.65. The van der Waals surface area contributed by atoms with Crippen LogP contribution < -0.4 is 0 Å². The van der Waals surface area contributed by atoms with E-state index < -0.39 is 16.6 Å². The molecule has 1 fully saturated rings. The highest BCUT2D eigenvalue weighted by molar-refractivity contribution is 7.89. The van der Waals surface area contributed by atoms with Crippen molar-refractivity contribution >= 4 is 10.0 Å². The van der Waals surface area contributed by atoms with Gasteiger partial charge in [0, 0.05) is 12.6 Å². The molecule has 0 bridgehead atoms. The molecule has 8 heteroatoms. The zero-order valence-corrected chi connectivity index (χ0v) is 11.9. The third kappa shape index (κ3) is 2.53. The monoisotopic (exact) mass is 289 g/mol. The van der Waals surface area contributed by atoms with Gasteiger partial charge in [-0.25, -0.2) is 8.42 Å². The first kappa shape index (κ1) is 14.4. The predicted octanol–water partition coefficient (Wildman–Crippen LogP) is 0.00992. The van der Waals surface area contributed by atoms with E-state index in [2.05, 4.69) is 10.2 Å². The van der Waals surface area contributed by atoms with Gasteiger partial charge in [-0.05, 0) is 13.3 Å². The van der Waals surface area contributed by atoms with E-state index in [1.54, 1.807) is 6.92 Å². The average molecular weight is 289 g/mol. The fourth-order valence-electron chi connectivity index (χ4n) is 2.31. The number of aliphatic hydroxyl groups excluding tert-OH is 1. The Labute approximate surface area is 112 Å². The lowest BCUT2D eigenvalue weighted by molar-refractivity contribution is 0.0313. The topological polar surface area (TPSA) is 95.5 Å². The molecule has 0 aliphatic carbocycles. The molecular formula is C11H19N3O4S. The normalized spacial score (nSPS) is 21.7. The minimum atomic E-state index is -3.65. The highest BCUT2D eigenvalue weighted by Gasteiger charge is 2.36. The van der Waals surface area contributed by atoms with Gasteiger partial charge >= 0.3 is 0 Å². The van der Waals surface area contributed by atoms with E-state index >= 15 is 0 Å². The zero-order chi connectivity index (χ0) is 14.0. The highest BCUT2D eigenvalue weighted by atomic mass is 32.2. The van der Waals surface area contributed by atoms with Crippen LogP contribution in [0.25, 0.3) is 0 Å². The number of rotatable bonds is 4. The van der Waals surface area contributed by atoms with Gasteiger partial charge in [-0.15, -0.1) is 0 Å². The van der Waals surface area contributed by atoms with Gasteiger partial charge in [0.1, 0.15) is 10.6 Å². The lowest BCUT2D eigenvalue weighted by Gasteiger charge is -2.34. The van der Waals surface area contributed by atoms with Gasteiger partial charge in [-0.3, -0.25) is 5.10 Å². The molecule has 1 aliphatic rings. The van der Waals surface area contributed by atoms with Crippen LogP contribution in [0.4, 0.5) is 0 Å². The van der Waals surface area contributed by atoms with E-state index in [1.165, 1.54) is 4.31 Å². The number of hydrogen-bond donors (Lipinski definition) is 2. The van der Waals surface area contributed by atoms with Crippen molar-refractivity contribution in [2.24, 2.45) is 0 Å². The van der Waals surface area contributed by atoms with Crippen LogP contribution >= 0.6 is 0 Å². The maximum atomic E-state index is 12.7. The Kier molecular flexibility index (Phi) is 4.24. The molecule has 1 unspecified atom stereocenters. The van der Waals surface area contributed by atoms with Crippen molar-refractivity contribution in [3.05, 3.63) is 11.4 Å². The quantitative estimate of drug-likeness (QED) is 0.814. The van der Waals surface area contributed by atoms with Crippen molar-refractivity contribution in [2.45, 2.75) is 37.8 Å². The van der Waals surface area contributed by atoms with Gasteiger partial charge < -0.3 is 9.84 Å². The van der Waals surface area contributed by atoms with Gasteiger partial charge in [-0.1, -0.05) is 6.92 Å². The maximum Gasteiger partial charge on any atom is 0.247 e. The van der Waals surface area contributed by atoms with Crippen LogP contribution in [0.2, 0.25) is 0 Å². The summed E-state index contributed by atoms with van der Waals surface area (Å²) in [4.78, 5) is 0.0929. The minimum absolute atomic E-state index is 0.0929. The number of morpholine rings is 1. The molecule has 1 aromatic heterocycles. The van der Waals surface area contributed by atoms with Crippen LogP contribution in [0, 0.1) is 6.92 Å². The summed E-state index contributed by atoms with van der Waals surface area (Å²) in [5, 5.41) is 15.7. The first-order valence-corrected chi connectivity index (χ1v) is 7.70. The number of H-pyrrole nitrogens is 1. The smallest absolute Gasteiger partial charge is 0.247 e. The molecule has 19 heavy (non-hydrogen) atoms. The SMILES string of the molecule is CCC1COCCN1S(=O)(=O)c1c(CO)n[nH]c1C. The van der Waals surface area contributed by atoms with E-state index in [0.717, 1.165) is 0 Å². The van der Waals surface area contributed by atoms with Crippen LogP contribution in [0.3, 0.4) is 0 Å². The Morgan fingerprint density at radius 3 is 2.95 bits per heavy atom. The first-order valence-electron chi connectivity index (χ1n) is 6.26. The fourth-order valence-corrected chi connectivity index (χ4v) is 4.31. The molecule has 1 aliphatic heterocycles. The molecule has 0 spiro atoms. The van der Waals surface area contributed by atoms with Crippen molar-refractivity contribution < 1.29 is 18.3 Å². The number of aromatic nitrogens is 2. The third-order valence-corrected chi connectivity index (χ3v) is 5.48. The highest BCUT2D eigenvalue weighted by Crippen LogP contribution is 2.26. The number of nitrogens with one attached hydrogen (secondary N) is 1. The van der Waals surface area contributed by atoms with Crippen LogP contribution in [0.1, 0.15) is 24.7 Å². The van der Waals surface area contributed by atoms with E-state index in [9.17, 15) is 13.5 Å². The number of aromatic amines is 1. The van der Waals surface area contributed by atoms with Gasteiger partial charge in [0.25, 0.3) is 0 Å². The van der Waals surface area contributed by atoms with Crippen molar-refractivity contribution in [1.82, 2.24) is 14.5 Å². The third-order valence-electron chi connectivity index (χ3n) is 3.32. The van der Waals surface area contributed by atoms with E-state index in [4.69, 9.17) is 4.74 Å². The Bertz CT molecular complexity index is 540.